The van der Waals surface area contributed by atoms with E-state index in [1.54, 1.807) is 12.4 Å². The third kappa shape index (κ3) is 3.45. The number of nitriles is 1. The summed E-state index contributed by atoms with van der Waals surface area (Å²) in [4.78, 5) is 12.9. The van der Waals surface area contributed by atoms with Gasteiger partial charge in [-0.15, -0.1) is 0 Å². The topological polar surface area (TPSA) is 79.4 Å². The van der Waals surface area contributed by atoms with Crippen LogP contribution in [0.25, 0.3) is 11.2 Å². The molecule has 2 heterocycles. The van der Waals surface area contributed by atoms with Gasteiger partial charge in [-0.05, 0) is 43.4 Å². The minimum atomic E-state index is -0.460. The van der Waals surface area contributed by atoms with Gasteiger partial charge >= 0.3 is 0 Å². The lowest BCUT2D eigenvalue weighted by Crippen LogP contribution is -2.31. The molecule has 27 heavy (non-hydrogen) atoms. The van der Waals surface area contributed by atoms with Crippen LogP contribution in [0.15, 0.2) is 24.5 Å². The normalized spacial score (nSPS) is 15.3. The van der Waals surface area contributed by atoms with E-state index in [0.29, 0.717) is 29.4 Å². The zero-order valence-corrected chi connectivity index (χ0v) is 15.5. The average Bonchev–Trinajstić information content (AvgIpc) is 2.99. The van der Waals surface area contributed by atoms with Crippen LogP contribution < -0.4 is 5.32 Å². The van der Waals surface area contributed by atoms with Crippen molar-refractivity contribution in [3.8, 4) is 6.07 Å². The van der Waals surface area contributed by atoms with E-state index in [4.69, 9.17) is 11.6 Å². The molecule has 1 aromatic carbocycles. The summed E-state index contributed by atoms with van der Waals surface area (Å²) in [6.07, 6.45) is 5.26. The fraction of sp³-hybridized carbons (Fsp3) is 0.368. The molecule has 0 radical (unpaired) electrons. The van der Waals surface area contributed by atoms with Crippen molar-refractivity contribution < 1.29 is 4.39 Å². The van der Waals surface area contributed by atoms with Gasteiger partial charge in [-0.3, -0.25) is 0 Å². The van der Waals surface area contributed by atoms with Gasteiger partial charge < -0.3 is 9.88 Å². The fourth-order valence-corrected chi connectivity index (χ4v) is 3.48. The van der Waals surface area contributed by atoms with Crippen molar-refractivity contribution >= 4 is 28.6 Å². The van der Waals surface area contributed by atoms with E-state index >= 15 is 0 Å². The van der Waals surface area contributed by atoms with Gasteiger partial charge in [0.25, 0.3) is 0 Å². The molecule has 1 aliphatic rings. The van der Waals surface area contributed by atoms with Gasteiger partial charge in [0.05, 0.1) is 11.3 Å². The number of hydrogen-bond donors (Lipinski definition) is 1. The SMILES string of the molecule is C[C@@H](Nc1nc(C#N)nc2ncn(Cc3ccc(Cl)c(F)c3)c12)C1CCC1. The highest BCUT2D eigenvalue weighted by molar-refractivity contribution is 6.30. The maximum atomic E-state index is 13.8. The van der Waals surface area contributed by atoms with E-state index in [0.717, 1.165) is 5.56 Å². The minimum Gasteiger partial charge on any atom is -0.365 e. The summed E-state index contributed by atoms with van der Waals surface area (Å²) in [6.45, 7) is 2.52. The van der Waals surface area contributed by atoms with Gasteiger partial charge in [-0.25, -0.2) is 9.37 Å². The van der Waals surface area contributed by atoms with E-state index in [2.05, 4.69) is 27.2 Å². The largest absolute Gasteiger partial charge is 0.365 e. The molecule has 0 bridgehead atoms. The molecule has 0 aliphatic heterocycles. The molecule has 1 saturated carbocycles. The quantitative estimate of drug-likeness (QED) is 0.715. The molecule has 0 spiro atoms. The van der Waals surface area contributed by atoms with Gasteiger partial charge in [0.15, 0.2) is 11.5 Å². The summed E-state index contributed by atoms with van der Waals surface area (Å²) >= 11 is 5.77. The molecule has 4 rings (SSSR count). The number of aromatic nitrogens is 4. The number of rotatable bonds is 5. The Morgan fingerprint density at radius 2 is 2.22 bits per heavy atom. The summed E-state index contributed by atoms with van der Waals surface area (Å²) in [5, 5.41) is 12.8. The summed E-state index contributed by atoms with van der Waals surface area (Å²) in [6, 6.07) is 6.93. The lowest BCUT2D eigenvalue weighted by atomic mass is 9.80. The number of halogens is 2. The summed E-state index contributed by atoms with van der Waals surface area (Å²) < 4.78 is 15.6. The first kappa shape index (κ1) is 17.7. The number of anilines is 1. The molecular formula is C19H18ClFN6. The third-order valence-corrected chi connectivity index (χ3v) is 5.44. The number of nitrogens with zero attached hydrogens (tertiary/aromatic N) is 5. The van der Waals surface area contributed by atoms with Crippen LogP contribution in [0.4, 0.5) is 10.2 Å². The third-order valence-electron chi connectivity index (χ3n) is 5.13. The summed E-state index contributed by atoms with van der Waals surface area (Å²) in [5.74, 6) is 0.803. The van der Waals surface area contributed by atoms with Crippen LogP contribution in [0.2, 0.25) is 5.02 Å². The molecule has 0 saturated heterocycles. The van der Waals surface area contributed by atoms with Crippen LogP contribution in [-0.4, -0.2) is 25.6 Å². The number of imidazole rings is 1. The molecule has 1 fully saturated rings. The molecule has 6 nitrogen and oxygen atoms in total. The van der Waals surface area contributed by atoms with Crippen LogP contribution in [-0.2, 0) is 6.54 Å². The van der Waals surface area contributed by atoms with Gasteiger partial charge in [0.1, 0.15) is 17.4 Å². The van der Waals surface area contributed by atoms with Gasteiger partial charge in [-0.1, -0.05) is 24.1 Å². The Morgan fingerprint density at radius 1 is 1.41 bits per heavy atom. The van der Waals surface area contributed by atoms with Crippen LogP contribution in [0.1, 0.15) is 37.6 Å². The Labute approximate surface area is 161 Å². The number of fused-ring (bicyclic) bond motifs is 1. The first-order valence-corrected chi connectivity index (χ1v) is 9.26. The monoisotopic (exact) mass is 384 g/mol. The van der Waals surface area contributed by atoms with Crippen molar-refractivity contribution in [3.05, 3.63) is 46.8 Å². The molecule has 3 aromatic rings. The smallest absolute Gasteiger partial charge is 0.236 e. The number of nitrogens with one attached hydrogen (secondary N) is 1. The summed E-state index contributed by atoms with van der Waals surface area (Å²) in [7, 11) is 0. The molecule has 1 aliphatic carbocycles. The van der Waals surface area contributed by atoms with E-state index in [1.165, 1.54) is 31.4 Å². The number of benzene rings is 1. The Kier molecular flexibility index (Phi) is 4.66. The van der Waals surface area contributed by atoms with Crippen molar-refractivity contribution in [2.75, 3.05) is 5.32 Å². The lowest BCUT2D eigenvalue weighted by Gasteiger charge is -2.32. The Bertz CT molecular complexity index is 1040. The molecule has 2 aromatic heterocycles. The Morgan fingerprint density at radius 3 is 2.89 bits per heavy atom. The Balaban J connectivity index is 1.72. The molecule has 8 heteroatoms. The van der Waals surface area contributed by atoms with E-state index in [-0.39, 0.29) is 16.9 Å². The Hall–Kier alpha value is -2.72. The molecule has 1 atom stereocenters. The molecular weight excluding hydrogens is 367 g/mol. The van der Waals surface area contributed by atoms with E-state index < -0.39 is 5.82 Å². The maximum Gasteiger partial charge on any atom is 0.236 e. The van der Waals surface area contributed by atoms with E-state index in [1.807, 2.05) is 10.6 Å². The maximum absolute atomic E-state index is 13.8. The predicted octanol–water partition coefficient (Wildman–Crippen LogP) is 4.14. The highest BCUT2D eigenvalue weighted by atomic mass is 35.5. The predicted molar refractivity (Wildman–Crippen MR) is 101 cm³/mol. The molecule has 0 amide bonds. The van der Waals surface area contributed by atoms with Gasteiger partial charge in [0, 0.05) is 12.6 Å². The van der Waals surface area contributed by atoms with Crippen LogP contribution >= 0.6 is 11.6 Å². The highest BCUT2D eigenvalue weighted by Gasteiger charge is 2.25. The molecule has 0 unspecified atom stereocenters. The van der Waals surface area contributed by atoms with Gasteiger partial charge in [-0.2, -0.15) is 15.2 Å². The first-order chi connectivity index (χ1) is 13.0. The second kappa shape index (κ2) is 7.12. The van der Waals surface area contributed by atoms with Crippen molar-refractivity contribution in [2.45, 2.75) is 38.8 Å². The molecule has 1 N–H and O–H groups in total. The second-order valence-corrected chi connectivity index (χ2v) is 7.33. The first-order valence-electron chi connectivity index (χ1n) is 8.88. The van der Waals surface area contributed by atoms with Crippen molar-refractivity contribution in [1.29, 1.82) is 5.26 Å². The number of hydrogen-bond acceptors (Lipinski definition) is 5. The van der Waals surface area contributed by atoms with Gasteiger partial charge in [0.2, 0.25) is 5.82 Å². The minimum absolute atomic E-state index is 0.0774. The van der Waals surface area contributed by atoms with Crippen LogP contribution in [0.5, 0.6) is 0 Å². The highest BCUT2D eigenvalue weighted by Crippen LogP contribution is 2.32. The zero-order valence-electron chi connectivity index (χ0n) is 14.8. The van der Waals surface area contributed by atoms with Crippen molar-refractivity contribution in [2.24, 2.45) is 5.92 Å². The zero-order chi connectivity index (χ0) is 19.0. The second-order valence-electron chi connectivity index (χ2n) is 6.92. The summed E-state index contributed by atoms with van der Waals surface area (Å²) in [5.41, 5.74) is 1.90. The van der Waals surface area contributed by atoms with Crippen molar-refractivity contribution in [3.63, 3.8) is 0 Å². The van der Waals surface area contributed by atoms with Crippen molar-refractivity contribution in [1.82, 2.24) is 19.5 Å². The van der Waals surface area contributed by atoms with Crippen LogP contribution in [0.3, 0.4) is 0 Å². The van der Waals surface area contributed by atoms with E-state index in [9.17, 15) is 9.65 Å². The average molecular weight is 385 g/mol. The van der Waals surface area contributed by atoms with Crippen LogP contribution in [0, 0.1) is 23.1 Å². The lowest BCUT2D eigenvalue weighted by molar-refractivity contribution is 0.285. The molecule has 138 valence electrons. The standard InChI is InChI=1S/C19H18ClFN6/c1-11(13-3-2-4-13)24-19-17-18(25-16(8-22)26-19)23-10-27(17)9-12-5-6-14(20)15(21)7-12/h5-7,10-11,13H,2-4,9H2,1H3,(H,24,25,26)/t11-/m1/s1. The fourth-order valence-electron chi connectivity index (χ4n) is 3.36.